The van der Waals surface area contributed by atoms with Gasteiger partial charge < -0.3 is 10.1 Å². The molecule has 29 heavy (non-hydrogen) atoms. The van der Waals surface area contributed by atoms with Crippen LogP contribution in [-0.2, 0) is 17.7 Å². The van der Waals surface area contributed by atoms with Crippen LogP contribution in [0.1, 0.15) is 41.3 Å². The molecule has 1 atom stereocenters. The topological polar surface area (TPSA) is 56.2 Å². The minimum atomic E-state index is -0.102. The van der Waals surface area contributed by atoms with Crippen LogP contribution >= 0.6 is 0 Å². The van der Waals surface area contributed by atoms with Gasteiger partial charge in [0.25, 0.3) is 5.91 Å². The minimum absolute atomic E-state index is 0.102. The van der Waals surface area contributed by atoms with Crippen molar-refractivity contribution in [3.63, 3.8) is 0 Å². The van der Waals surface area contributed by atoms with Crippen LogP contribution < -0.4 is 5.32 Å². The smallest absolute Gasteiger partial charge is 0.255 e. The standard InChI is InChI=1S/C24H27N3O2/c1-2-18-10-12-20(13-11-18)23-22(24(28)25-15-21-9-6-14-29-21)17-27(26-23)16-19-7-4-3-5-8-19/h3-5,7-8,10-13,17,21H,2,6,9,14-16H2,1H3,(H,25,28)/t21-/m1/s1. The second-order valence-corrected chi connectivity index (χ2v) is 7.47. The fraction of sp³-hybridized carbons (Fsp3) is 0.333. The number of aromatic nitrogens is 2. The molecule has 0 spiro atoms. The molecular formula is C24H27N3O2. The first-order chi connectivity index (χ1) is 14.2. The molecule has 1 saturated heterocycles. The highest BCUT2D eigenvalue weighted by molar-refractivity contribution is 5.99. The predicted molar refractivity (Wildman–Crippen MR) is 114 cm³/mol. The molecular weight excluding hydrogens is 362 g/mol. The van der Waals surface area contributed by atoms with Crippen molar-refractivity contribution in [2.24, 2.45) is 0 Å². The molecule has 0 radical (unpaired) electrons. The highest BCUT2D eigenvalue weighted by atomic mass is 16.5. The van der Waals surface area contributed by atoms with Gasteiger partial charge in [-0.2, -0.15) is 5.10 Å². The van der Waals surface area contributed by atoms with Gasteiger partial charge in [-0.3, -0.25) is 9.48 Å². The van der Waals surface area contributed by atoms with E-state index in [9.17, 15) is 4.79 Å². The van der Waals surface area contributed by atoms with Crippen LogP contribution in [0.5, 0.6) is 0 Å². The number of aryl methyl sites for hydroxylation is 1. The molecule has 1 aromatic heterocycles. The summed E-state index contributed by atoms with van der Waals surface area (Å²) in [6.07, 6.45) is 5.01. The van der Waals surface area contributed by atoms with Crippen LogP contribution in [0.15, 0.2) is 60.8 Å². The van der Waals surface area contributed by atoms with Crippen molar-refractivity contribution in [2.45, 2.75) is 38.8 Å². The normalized spacial score (nSPS) is 16.1. The number of nitrogens with one attached hydrogen (secondary N) is 1. The van der Waals surface area contributed by atoms with E-state index in [1.165, 1.54) is 5.56 Å². The first-order valence-electron chi connectivity index (χ1n) is 10.3. The first-order valence-corrected chi connectivity index (χ1v) is 10.3. The Kier molecular flexibility index (Phi) is 6.06. The molecule has 1 fully saturated rings. The number of ether oxygens (including phenoxy) is 1. The molecule has 0 saturated carbocycles. The summed E-state index contributed by atoms with van der Waals surface area (Å²) in [6.45, 7) is 4.08. The summed E-state index contributed by atoms with van der Waals surface area (Å²) >= 11 is 0. The zero-order valence-corrected chi connectivity index (χ0v) is 16.8. The molecule has 2 heterocycles. The second kappa shape index (κ2) is 9.05. The van der Waals surface area contributed by atoms with Gasteiger partial charge in [0.2, 0.25) is 0 Å². The Morgan fingerprint density at radius 3 is 2.62 bits per heavy atom. The maximum Gasteiger partial charge on any atom is 0.255 e. The van der Waals surface area contributed by atoms with E-state index in [1.807, 2.05) is 41.2 Å². The van der Waals surface area contributed by atoms with Crippen molar-refractivity contribution in [3.05, 3.63) is 77.5 Å². The zero-order chi connectivity index (χ0) is 20.1. The van der Waals surface area contributed by atoms with Gasteiger partial charge in [0, 0.05) is 24.9 Å². The average Bonchev–Trinajstić information content (AvgIpc) is 3.43. The van der Waals surface area contributed by atoms with Gasteiger partial charge in [-0.1, -0.05) is 61.5 Å². The van der Waals surface area contributed by atoms with Crippen molar-refractivity contribution in [1.29, 1.82) is 0 Å². The summed E-state index contributed by atoms with van der Waals surface area (Å²) in [5, 5.41) is 7.79. The van der Waals surface area contributed by atoms with Gasteiger partial charge in [-0.25, -0.2) is 0 Å². The highest BCUT2D eigenvalue weighted by Crippen LogP contribution is 2.24. The summed E-state index contributed by atoms with van der Waals surface area (Å²) < 4.78 is 7.47. The number of carbonyl (C=O) groups is 1. The van der Waals surface area contributed by atoms with Gasteiger partial charge >= 0.3 is 0 Å². The number of carbonyl (C=O) groups excluding carboxylic acids is 1. The Balaban J connectivity index is 1.60. The van der Waals surface area contributed by atoms with Gasteiger partial charge in [-0.05, 0) is 30.4 Å². The fourth-order valence-corrected chi connectivity index (χ4v) is 3.66. The number of nitrogens with zero attached hydrogens (tertiary/aromatic N) is 2. The van der Waals surface area contributed by atoms with Crippen LogP contribution in [0.2, 0.25) is 0 Å². The maximum atomic E-state index is 13.0. The summed E-state index contributed by atoms with van der Waals surface area (Å²) in [6, 6.07) is 18.4. The van der Waals surface area contributed by atoms with Gasteiger partial charge in [0.05, 0.1) is 18.2 Å². The van der Waals surface area contributed by atoms with Crippen molar-refractivity contribution in [3.8, 4) is 11.3 Å². The molecule has 2 aromatic carbocycles. The number of hydrogen-bond acceptors (Lipinski definition) is 3. The number of amides is 1. The van der Waals surface area contributed by atoms with Gasteiger partial charge in [-0.15, -0.1) is 0 Å². The molecule has 5 heteroatoms. The SMILES string of the molecule is CCc1ccc(-c2nn(Cc3ccccc3)cc2C(=O)NC[C@H]2CCCO2)cc1. The lowest BCUT2D eigenvalue weighted by molar-refractivity contribution is 0.0858. The van der Waals surface area contributed by atoms with E-state index in [-0.39, 0.29) is 12.0 Å². The predicted octanol–water partition coefficient (Wildman–Crippen LogP) is 4.07. The third-order valence-corrected chi connectivity index (χ3v) is 5.34. The van der Waals surface area contributed by atoms with E-state index >= 15 is 0 Å². The Morgan fingerprint density at radius 2 is 1.93 bits per heavy atom. The van der Waals surface area contributed by atoms with Crippen LogP contribution in [0.4, 0.5) is 0 Å². The molecule has 1 aliphatic heterocycles. The van der Waals surface area contributed by atoms with Gasteiger partial charge in [0.15, 0.2) is 0 Å². The molecule has 0 aliphatic carbocycles. The molecule has 0 unspecified atom stereocenters. The Morgan fingerprint density at radius 1 is 1.14 bits per heavy atom. The highest BCUT2D eigenvalue weighted by Gasteiger charge is 2.21. The Labute approximate surface area is 171 Å². The number of benzene rings is 2. The Hall–Kier alpha value is -2.92. The second-order valence-electron chi connectivity index (χ2n) is 7.47. The number of rotatable bonds is 7. The van der Waals surface area contributed by atoms with E-state index in [0.717, 1.165) is 37.0 Å². The van der Waals surface area contributed by atoms with Crippen molar-refractivity contribution >= 4 is 5.91 Å². The Bertz CT molecular complexity index is 942. The largest absolute Gasteiger partial charge is 0.376 e. The summed E-state index contributed by atoms with van der Waals surface area (Å²) in [5.41, 5.74) is 4.68. The molecule has 1 amide bonds. The molecule has 0 bridgehead atoms. The maximum absolute atomic E-state index is 13.0. The van der Waals surface area contributed by atoms with Crippen LogP contribution in [0.3, 0.4) is 0 Å². The molecule has 150 valence electrons. The summed E-state index contributed by atoms with van der Waals surface area (Å²) in [5.74, 6) is -0.102. The van der Waals surface area contributed by atoms with Crippen LogP contribution in [-0.4, -0.2) is 34.9 Å². The van der Waals surface area contributed by atoms with Crippen molar-refractivity contribution in [2.75, 3.05) is 13.2 Å². The molecule has 1 aliphatic rings. The molecule has 4 rings (SSSR count). The quantitative estimate of drug-likeness (QED) is 0.663. The van der Waals surface area contributed by atoms with E-state index < -0.39 is 0 Å². The van der Waals surface area contributed by atoms with Crippen LogP contribution in [0.25, 0.3) is 11.3 Å². The lowest BCUT2D eigenvalue weighted by atomic mass is 10.0. The lowest BCUT2D eigenvalue weighted by Crippen LogP contribution is -2.31. The first kappa shape index (κ1) is 19.4. The van der Waals surface area contributed by atoms with E-state index in [1.54, 1.807) is 0 Å². The monoisotopic (exact) mass is 389 g/mol. The third-order valence-electron chi connectivity index (χ3n) is 5.34. The third kappa shape index (κ3) is 4.74. The van der Waals surface area contributed by atoms with E-state index in [2.05, 4.69) is 36.5 Å². The molecule has 5 nitrogen and oxygen atoms in total. The van der Waals surface area contributed by atoms with Gasteiger partial charge in [0.1, 0.15) is 5.69 Å². The molecule has 1 N–H and O–H groups in total. The number of hydrogen-bond donors (Lipinski definition) is 1. The van der Waals surface area contributed by atoms with E-state index in [4.69, 9.17) is 9.84 Å². The molecule has 3 aromatic rings. The van der Waals surface area contributed by atoms with Crippen molar-refractivity contribution < 1.29 is 9.53 Å². The minimum Gasteiger partial charge on any atom is -0.376 e. The van der Waals surface area contributed by atoms with Crippen molar-refractivity contribution in [1.82, 2.24) is 15.1 Å². The van der Waals surface area contributed by atoms with Crippen LogP contribution in [0, 0.1) is 0 Å². The van der Waals surface area contributed by atoms with E-state index in [0.29, 0.717) is 24.3 Å². The summed E-state index contributed by atoms with van der Waals surface area (Å²) in [4.78, 5) is 13.0. The fourth-order valence-electron chi connectivity index (χ4n) is 3.66. The summed E-state index contributed by atoms with van der Waals surface area (Å²) in [7, 11) is 0. The lowest BCUT2D eigenvalue weighted by Gasteiger charge is -2.10. The average molecular weight is 389 g/mol. The zero-order valence-electron chi connectivity index (χ0n) is 16.8.